The molecule has 2 aromatic rings. The lowest BCUT2D eigenvalue weighted by molar-refractivity contribution is 1.40. The predicted octanol–water partition coefficient (Wildman–Crippen LogP) is 3.70. The van der Waals surface area contributed by atoms with Crippen LogP contribution < -0.4 is 0 Å². The summed E-state index contributed by atoms with van der Waals surface area (Å²) in [5.74, 6) is 0. The molecule has 0 aliphatic rings. The van der Waals surface area contributed by atoms with E-state index < -0.39 is 0 Å². The number of benzene rings is 1. The third-order valence-corrected chi connectivity index (χ3v) is 2.55. The number of nitrogens with zero attached hydrogens (tertiary/aromatic N) is 1. The minimum absolute atomic E-state index is 0. The van der Waals surface area contributed by atoms with Crippen LogP contribution in [0.15, 0.2) is 35.8 Å². The fraction of sp³-hybridized carbons (Fsp3) is 0.100. The van der Waals surface area contributed by atoms with Gasteiger partial charge in [0.2, 0.25) is 0 Å². The Kier molecular flexibility index (Phi) is 3.63. The first kappa shape index (κ1) is 10.4. The average Bonchev–Trinajstić information content (AvgIpc) is 2.58. The van der Waals surface area contributed by atoms with Gasteiger partial charge in [0.05, 0.1) is 0 Å². The Labute approximate surface area is 92.2 Å². The fourth-order valence-corrected chi connectivity index (χ4v) is 1.71. The largest absolute Gasteiger partial charge is 0.245 e. The SMILES string of the molecule is Br.Cc1ccc(-c2nccs2)cc1. The minimum atomic E-state index is 0. The van der Waals surface area contributed by atoms with E-state index in [0.29, 0.717) is 0 Å². The van der Waals surface area contributed by atoms with Gasteiger partial charge in [0.25, 0.3) is 0 Å². The summed E-state index contributed by atoms with van der Waals surface area (Å²) in [4.78, 5) is 4.23. The summed E-state index contributed by atoms with van der Waals surface area (Å²) in [5, 5.41) is 3.09. The first-order valence-electron chi connectivity index (χ1n) is 3.83. The lowest BCUT2D eigenvalue weighted by Gasteiger charge is -1.95. The van der Waals surface area contributed by atoms with Crippen molar-refractivity contribution in [3.8, 4) is 10.6 Å². The van der Waals surface area contributed by atoms with E-state index in [9.17, 15) is 0 Å². The molecular weight excluding hydrogens is 246 g/mol. The van der Waals surface area contributed by atoms with E-state index in [1.54, 1.807) is 11.3 Å². The van der Waals surface area contributed by atoms with Gasteiger partial charge in [-0.1, -0.05) is 29.8 Å². The maximum atomic E-state index is 4.23. The zero-order chi connectivity index (χ0) is 8.39. The molecule has 0 saturated carbocycles. The van der Waals surface area contributed by atoms with Crippen molar-refractivity contribution in [2.75, 3.05) is 0 Å². The van der Waals surface area contributed by atoms with E-state index in [1.807, 2.05) is 11.6 Å². The van der Waals surface area contributed by atoms with Crippen LogP contribution in [-0.2, 0) is 0 Å². The smallest absolute Gasteiger partial charge is 0.123 e. The summed E-state index contributed by atoms with van der Waals surface area (Å²) < 4.78 is 0. The van der Waals surface area contributed by atoms with Crippen molar-refractivity contribution in [2.45, 2.75) is 6.92 Å². The normalized spacial score (nSPS) is 9.31. The summed E-state index contributed by atoms with van der Waals surface area (Å²) in [5.41, 5.74) is 2.49. The van der Waals surface area contributed by atoms with E-state index in [4.69, 9.17) is 0 Å². The van der Waals surface area contributed by atoms with Gasteiger partial charge < -0.3 is 0 Å². The first-order valence-corrected chi connectivity index (χ1v) is 4.71. The maximum absolute atomic E-state index is 4.23. The first-order chi connectivity index (χ1) is 5.86. The zero-order valence-electron chi connectivity index (χ0n) is 7.23. The number of hydrogen-bond acceptors (Lipinski definition) is 2. The zero-order valence-corrected chi connectivity index (χ0v) is 9.76. The summed E-state index contributed by atoms with van der Waals surface area (Å²) in [6, 6.07) is 8.43. The second-order valence-corrected chi connectivity index (χ2v) is 3.60. The molecule has 68 valence electrons. The molecule has 0 amide bonds. The van der Waals surface area contributed by atoms with Crippen molar-refractivity contribution in [3.05, 3.63) is 41.4 Å². The summed E-state index contributed by atoms with van der Waals surface area (Å²) in [6.07, 6.45) is 1.83. The molecule has 0 N–H and O–H groups in total. The second kappa shape index (κ2) is 4.53. The van der Waals surface area contributed by atoms with Crippen LogP contribution in [-0.4, -0.2) is 4.98 Å². The monoisotopic (exact) mass is 255 g/mol. The summed E-state index contributed by atoms with van der Waals surface area (Å²) >= 11 is 1.67. The van der Waals surface area contributed by atoms with Gasteiger partial charge in [-0.25, -0.2) is 4.98 Å². The number of aromatic nitrogens is 1. The highest BCUT2D eigenvalue weighted by Gasteiger charge is 1.97. The Balaban J connectivity index is 0.000000845. The predicted molar refractivity (Wildman–Crippen MR) is 62.6 cm³/mol. The Bertz CT molecular complexity index is 353. The van der Waals surface area contributed by atoms with Crippen LogP contribution >= 0.6 is 28.3 Å². The van der Waals surface area contributed by atoms with Crippen molar-refractivity contribution in [1.29, 1.82) is 0 Å². The molecule has 13 heavy (non-hydrogen) atoms. The van der Waals surface area contributed by atoms with Crippen molar-refractivity contribution >= 4 is 28.3 Å². The number of hydrogen-bond donors (Lipinski definition) is 0. The molecule has 3 heteroatoms. The summed E-state index contributed by atoms with van der Waals surface area (Å²) in [7, 11) is 0. The molecule has 1 nitrogen and oxygen atoms in total. The molecule has 0 saturated heterocycles. The quantitative estimate of drug-likeness (QED) is 0.758. The molecule has 1 aromatic heterocycles. The highest BCUT2D eigenvalue weighted by molar-refractivity contribution is 8.93. The number of aryl methyl sites for hydroxylation is 1. The highest BCUT2D eigenvalue weighted by atomic mass is 79.9. The van der Waals surface area contributed by atoms with Crippen LogP contribution in [0.5, 0.6) is 0 Å². The van der Waals surface area contributed by atoms with Gasteiger partial charge in [-0.2, -0.15) is 0 Å². The number of halogens is 1. The highest BCUT2D eigenvalue weighted by Crippen LogP contribution is 2.21. The fourth-order valence-electron chi connectivity index (χ4n) is 1.06. The molecule has 0 unspecified atom stereocenters. The molecule has 1 heterocycles. The lowest BCUT2D eigenvalue weighted by atomic mass is 10.2. The van der Waals surface area contributed by atoms with Crippen LogP contribution in [0.2, 0.25) is 0 Å². The van der Waals surface area contributed by atoms with E-state index in [2.05, 4.69) is 36.2 Å². The van der Waals surface area contributed by atoms with Crippen molar-refractivity contribution < 1.29 is 0 Å². The third kappa shape index (κ3) is 2.39. The Morgan fingerprint density at radius 2 is 1.85 bits per heavy atom. The molecule has 0 fully saturated rings. The topological polar surface area (TPSA) is 12.9 Å². The van der Waals surface area contributed by atoms with Gasteiger partial charge in [-0.3, -0.25) is 0 Å². The molecule has 0 spiro atoms. The van der Waals surface area contributed by atoms with Gasteiger partial charge >= 0.3 is 0 Å². The lowest BCUT2D eigenvalue weighted by Crippen LogP contribution is -1.75. The molecule has 0 aliphatic heterocycles. The second-order valence-electron chi connectivity index (χ2n) is 2.70. The molecule has 2 rings (SSSR count). The van der Waals surface area contributed by atoms with E-state index >= 15 is 0 Å². The van der Waals surface area contributed by atoms with Crippen molar-refractivity contribution in [2.24, 2.45) is 0 Å². The van der Waals surface area contributed by atoms with Crippen molar-refractivity contribution in [1.82, 2.24) is 4.98 Å². The number of rotatable bonds is 1. The van der Waals surface area contributed by atoms with Crippen LogP contribution in [0.3, 0.4) is 0 Å². The molecule has 0 aliphatic carbocycles. The van der Waals surface area contributed by atoms with Gasteiger partial charge in [0.1, 0.15) is 5.01 Å². The van der Waals surface area contributed by atoms with Gasteiger partial charge in [-0.15, -0.1) is 28.3 Å². The molecule has 0 radical (unpaired) electrons. The van der Waals surface area contributed by atoms with Gasteiger partial charge in [-0.05, 0) is 6.92 Å². The van der Waals surface area contributed by atoms with E-state index in [1.165, 1.54) is 11.1 Å². The van der Waals surface area contributed by atoms with Crippen LogP contribution in [0, 0.1) is 6.92 Å². The Morgan fingerprint density at radius 1 is 1.15 bits per heavy atom. The molecular formula is C10H10BrNS. The van der Waals surface area contributed by atoms with Crippen LogP contribution in [0.1, 0.15) is 5.56 Å². The van der Waals surface area contributed by atoms with E-state index in [0.717, 1.165) is 5.01 Å². The van der Waals surface area contributed by atoms with Crippen molar-refractivity contribution in [3.63, 3.8) is 0 Å². The molecule has 0 bridgehead atoms. The van der Waals surface area contributed by atoms with Gasteiger partial charge in [0.15, 0.2) is 0 Å². The molecule has 1 aromatic carbocycles. The van der Waals surface area contributed by atoms with Gasteiger partial charge in [0, 0.05) is 17.1 Å². The van der Waals surface area contributed by atoms with E-state index in [-0.39, 0.29) is 17.0 Å². The summed E-state index contributed by atoms with van der Waals surface area (Å²) in [6.45, 7) is 2.09. The van der Waals surface area contributed by atoms with Crippen LogP contribution in [0.25, 0.3) is 10.6 Å². The standard InChI is InChI=1S/C10H9NS.BrH/c1-8-2-4-9(5-3-8)10-11-6-7-12-10;/h2-7H,1H3;1H. The Morgan fingerprint density at radius 3 is 2.38 bits per heavy atom. The molecule has 0 atom stereocenters. The minimum Gasteiger partial charge on any atom is -0.245 e. The Hall–Kier alpha value is -0.670. The third-order valence-electron chi connectivity index (χ3n) is 1.73. The maximum Gasteiger partial charge on any atom is 0.123 e. The van der Waals surface area contributed by atoms with Crippen LogP contribution in [0.4, 0.5) is 0 Å². The average molecular weight is 256 g/mol. The number of thiazole rings is 1.